The smallest absolute Gasteiger partial charge is 0.259 e. The summed E-state index contributed by atoms with van der Waals surface area (Å²) >= 11 is 0. The molecule has 2 N–H and O–H groups in total. The summed E-state index contributed by atoms with van der Waals surface area (Å²) in [5, 5.41) is 13.1. The van der Waals surface area contributed by atoms with Crippen molar-refractivity contribution in [2.75, 3.05) is 44.8 Å². The van der Waals surface area contributed by atoms with Crippen LogP contribution in [-0.4, -0.2) is 61.5 Å². The third-order valence-corrected chi connectivity index (χ3v) is 4.17. The van der Waals surface area contributed by atoms with Crippen LogP contribution < -0.4 is 10.1 Å². The van der Waals surface area contributed by atoms with E-state index in [0.717, 1.165) is 18.8 Å². The molecule has 6 heteroatoms. The number of hydrogen-bond donors (Lipinski definition) is 2. The van der Waals surface area contributed by atoms with E-state index in [-0.39, 0.29) is 12.5 Å². The molecule has 138 valence electrons. The molecule has 0 aromatic heterocycles. The summed E-state index contributed by atoms with van der Waals surface area (Å²) in [4.78, 5) is 14.7. The van der Waals surface area contributed by atoms with Gasteiger partial charge in [0.2, 0.25) is 0 Å². The quantitative estimate of drug-likeness (QED) is 0.794. The Morgan fingerprint density at radius 1 is 1.12 bits per heavy atom. The third-order valence-electron chi connectivity index (χ3n) is 4.17. The monoisotopic (exact) mass is 356 g/mol. The average Bonchev–Trinajstić information content (AvgIpc) is 2.68. The van der Waals surface area contributed by atoms with Crippen molar-refractivity contribution in [2.24, 2.45) is 0 Å². The fourth-order valence-electron chi connectivity index (χ4n) is 2.82. The molecule has 1 aliphatic heterocycles. The Bertz CT molecular complexity index is 702. The minimum atomic E-state index is -0.627. The minimum absolute atomic E-state index is 0.132. The van der Waals surface area contributed by atoms with Gasteiger partial charge in [0.05, 0.1) is 18.8 Å². The number of aliphatic hydroxyl groups excluding tert-OH is 1. The first-order valence-electron chi connectivity index (χ1n) is 8.79. The molecule has 1 atom stereocenters. The van der Waals surface area contributed by atoms with Crippen molar-refractivity contribution in [3.05, 3.63) is 60.2 Å². The summed E-state index contributed by atoms with van der Waals surface area (Å²) in [5.41, 5.74) is 1.16. The molecule has 26 heavy (non-hydrogen) atoms. The summed E-state index contributed by atoms with van der Waals surface area (Å²) in [6.07, 6.45) is -0.627. The Hall–Kier alpha value is -2.41. The number of benzene rings is 2. The van der Waals surface area contributed by atoms with Gasteiger partial charge in [-0.05, 0) is 24.3 Å². The van der Waals surface area contributed by atoms with Gasteiger partial charge in [-0.15, -0.1) is 0 Å². The third kappa shape index (κ3) is 5.29. The number of amides is 1. The molecule has 6 nitrogen and oxygen atoms in total. The SMILES string of the molecule is O=C(Nc1ccccc1)c1ccccc1OC[C@H](O)CN1CCOCC1. The average molecular weight is 356 g/mol. The van der Waals surface area contributed by atoms with Crippen molar-refractivity contribution in [1.29, 1.82) is 0 Å². The van der Waals surface area contributed by atoms with Crippen molar-refractivity contribution < 1.29 is 19.4 Å². The molecule has 3 rings (SSSR count). The van der Waals surface area contributed by atoms with Crippen LogP contribution in [0.25, 0.3) is 0 Å². The zero-order valence-electron chi connectivity index (χ0n) is 14.6. The van der Waals surface area contributed by atoms with Crippen LogP contribution in [0.3, 0.4) is 0 Å². The van der Waals surface area contributed by atoms with Gasteiger partial charge in [-0.2, -0.15) is 0 Å². The molecular weight excluding hydrogens is 332 g/mol. The van der Waals surface area contributed by atoms with E-state index < -0.39 is 6.10 Å². The van der Waals surface area contributed by atoms with Crippen LogP contribution in [-0.2, 0) is 4.74 Å². The van der Waals surface area contributed by atoms with Gasteiger partial charge < -0.3 is 19.9 Å². The highest BCUT2D eigenvalue weighted by Gasteiger charge is 2.17. The van der Waals surface area contributed by atoms with Crippen LogP contribution in [0.2, 0.25) is 0 Å². The van der Waals surface area contributed by atoms with Crippen molar-refractivity contribution >= 4 is 11.6 Å². The predicted octanol–water partition coefficient (Wildman–Crippen LogP) is 2.01. The van der Waals surface area contributed by atoms with E-state index in [4.69, 9.17) is 9.47 Å². The Morgan fingerprint density at radius 2 is 1.81 bits per heavy atom. The molecule has 1 heterocycles. The van der Waals surface area contributed by atoms with Crippen molar-refractivity contribution in [3.8, 4) is 5.75 Å². The van der Waals surface area contributed by atoms with E-state index in [1.165, 1.54) is 0 Å². The van der Waals surface area contributed by atoms with Gasteiger partial charge >= 0.3 is 0 Å². The van der Waals surface area contributed by atoms with Crippen LogP contribution >= 0.6 is 0 Å². The fourth-order valence-corrected chi connectivity index (χ4v) is 2.82. The lowest BCUT2D eigenvalue weighted by molar-refractivity contribution is 0.00458. The number of aliphatic hydroxyl groups is 1. The second-order valence-electron chi connectivity index (χ2n) is 6.19. The highest BCUT2D eigenvalue weighted by atomic mass is 16.5. The fraction of sp³-hybridized carbons (Fsp3) is 0.350. The topological polar surface area (TPSA) is 71.0 Å². The molecule has 1 amide bonds. The minimum Gasteiger partial charge on any atom is -0.490 e. The summed E-state index contributed by atoms with van der Waals surface area (Å²) in [6, 6.07) is 16.3. The zero-order valence-corrected chi connectivity index (χ0v) is 14.6. The Kier molecular flexibility index (Phi) is 6.60. The molecule has 0 radical (unpaired) electrons. The molecule has 1 aliphatic rings. The molecule has 0 saturated carbocycles. The maximum Gasteiger partial charge on any atom is 0.259 e. The number of hydrogen-bond acceptors (Lipinski definition) is 5. The van der Waals surface area contributed by atoms with Crippen LogP contribution in [0.5, 0.6) is 5.75 Å². The van der Waals surface area contributed by atoms with Gasteiger partial charge in [0.15, 0.2) is 0 Å². The summed E-state index contributed by atoms with van der Waals surface area (Å²) in [6.45, 7) is 3.67. The highest BCUT2D eigenvalue weighted by molar-refractivity contribution is 6.06. The number of para-hydroxylation sites is 2. The van der Waals surface area contributed by atoms with E-state index in [1.807, 2.05) is 36.4 Å². The maximum absolute atomic E-state index is 12.5. The Labute approximate surface area is 153 Å². The molecule has 0 bridgehead atoms. The molecule has 0 aliphatic carbocycles. The molecule has 1 saturated heterocycles. The van der Waals surface area contributed by atoms with E-state index >= 15 is 0 Å². The summed E-state index contributed by atoms with van der Waals surface area (Å²) in [7, 11) is 0. The number of anilines is 1. The first kappa shape index (κ1) is 18.4. The van der Waals surface area contributed by atoms with Crippen LogP contribution in [0.1, 0.15) is 10.4 Å². The summed E-state index contributed by atoms with van der Waals surface area (Å²) in [5.74, 6) is 0.219. The van der Waals surface area contributed by atoms with E-state index in [2.05, 4.69) is 10.2 Å². The lowest BCUT2D eigenvalue weighted by Gasteiger charge is -2.28. The second kappa shape index (κ2) is 9.33. The van der Waals surface area contributed by atoms with Crippen LogP contribution in [0.15, 0.2) is 54.6 Å². The van der Waals surface area contributed by atoms with Crippen molar-refractivity contribution in [2.45, 2.75) is 6.10 Å². The van der Waals surface area contributed by atoms with E-state index in [9.17, 15) is 9.90 Å². The first-order valence-corrected chi connectivity index (χ1v) is 8.79. The van der Waals surface area contributed by atoms with Crippen molar-refractivity contribution in [3.63, 3.8) is 0 Å². The number of ether oxygens (including phenoxy) is 2. The number of nitrogens with zero attached hydrogens (tertiary/aromatic N) is 1. The predicted molar refractivity (Wildman–Crippen MR) is 99.6 cm³/mol. The molecule has 0 unspecified atom stereocenters. The van der Waals surface area contributed by atoms with Crippen LogP contribution in [0, 0.1) is 0 Å². The zero-order chi connectivity index (χ0) is 18.2. The van der Waals surface area contributed by atoms with Gasteiger partial charge in [-0.3, -0.25) is 9.69 Å². The summed E-state index contributed by atoms with van der Waals surface area (Å²) < 4.78 is 11.0. The van der Waals surface area contributed by atoms with Gasteiger partial charge in [-0.1, -0.05) is 30.3 Å². The lowest BCUT2D eigenvalue weighted by Crippen LogP contribution is -2.42. The molecule has 0 spiro atoms. The number of morpholine rings is 1. The molecule has 2 aromatic carbocycles. The number of carbonyl (C=O) groups is 1. The van der Waals surface area contributed by atoms with Gasteiger partial charge in [0.25, 0.3) is 5.91 Å². The maximum atomic E-state index is 12.5. The first-order chi connectivity index (χ1) is 12.7. The lowest BCUT2D eigenvalue weighted by atomic mass is 10.2. The van der Waals surface area contributed by atoms with E-state index in [1.54, 1.807) is 18.2 Å². The van der Waals surface area contributed by atoms with E-state index in [0.29, 0.717) is 31.1 Å². The standard InChI is InChI=1S/C20H24N2O4/c23-17(14-22-10-12-25-13-11-22)15-26-19-9-5-4-8-18(19)20(24)21-16-6-2-1-3-7-16/h1-9,17,23H,10-15H2,(H,21,24)/t17-/m1/s1. The number of β-amino-alcohol motifs (C(OH)–C–C–N with tert-alkyl or cyclic N) is 1. The Morgan fingerprint density at radius 3 is 2.58 bits per heavy atom. The molecular formula is C20H24N2O4. The molecule has 1 fully saturated rings. The Balaban J connectivity index is 1.57. The van der Waals surface area contributed by atoms with Gasteiger partial charge in [0, 0.05) is 25.3 Å². The number of carbonyl (C=O) groups excluding carboxylic acids is 1. The normalized spacial score (nSPS) is 16.0. The molecule has 2 aromatic rings. The largest absolute Gasteiger partial charge is 0.490 e. The number of rotatable bonds is 7. The van der Waals surface area contributed by atoms with Crippen molar-refractivity contribution in [1.82, 2.24) is 4.90 Å². The van der Waals surface area contributed by atoms with Gasteiger partial charge in [0.1, 0.15) is 18.5 Å². The number of nitrogens with one attached hydrogen (secondary N) is 1. The highest BCUT2D eigenvalue weighted by Crippen LogP contribution is 2.20. The second-order valence-corrected chi connectivity index (χ2v) is 6.19. The van der Waals surface area contributed by atoms with Crippen LogP contribution in [0.4, 0.5) is 5.69 Å². The van der Waals surface area contributed by atoms with Gasteiger partial charge in [-0.25, -0.2) is 0 Å².